The molecule has 8 heteroatoms. The first-order valence-corrected chi connectivity index (χ1v) is 9.21. The number of guanidine groups is 1. The van der Waals surface area contributed by atoms with Crippen molar-refractivity contribution in [1.82, 2.24) is 15.1 Å². The second kappa shape index (κ2) is 9.63. The smallest absolute Gasteiger partial charge is 0.276 e. The van der Waals surface area contributed by atoms with Crippen molar-refractivity contribution in [2.45, 2.75) is 32.1 Å². The fourth-order valence-electron chi connectivity index (χ4n) is 3.30. The number of aromatic nitrogens is 3. The summed E-state index contributed by atoms with van der Waals surface area (Å²) in [7, 11) is 0. The van der Waals surface area contributed by atoms with Crippen LogP contribution in [0.3, 0.4) is 0 Å². The highest BCUT2D eigenvalue weighted by Gasteiger charge is 2.13. The van der Waals surface area contributed by atoms with Crippen LogP contribution in [0.2, 0.25) is 0 Å². The highest BCUT2D eigenvalue weighted by atomic mass is 127. The lowest BCUT2D eigenvalue weighted by atomic mass is 9.90. The maximum atomic E-state index is 6.06. The Morgan fingerprint density at radius 3 is 2.89 bits per heavy atom. The first-order chi connectivity index (χ1) is 13.3. The average molecular weight is 490 g/mol. The number of hydrogen-bond acceptors (Lipinski definition) is 5. The molecule has 1 aliphatic carbocycles. The Bertz CT molecular complexity index is 941. The van der Waals surface area contributed by atoms with Crippen LogP contribution in [0.4, 0.5) is 5.69 Å². The highest BCUT2D eigenvalue weighted by molar-refractivity contribution is 14.0. The van der Waals surface area contributed by atoms with Crippen LogP contribution in [0.5, 0.6) is 0 Å². The summed E-state index contributed by atoms with van der Waals surface area (Å²) in [6.07, 6.45) is 6.94. The molecule has 0 bridgehead atoms. The fraction of sp³-hybridized carbons (Fsp3) is 0.300. The van der Waals surface area contributed by atoms with Crippen molar-refractivity contribution in [3.63, 3.8) is 0 Å². The minimum atomic E-state index is 0. The minimum Gasteiger partial charge on any atom is -0.370 e. The van der Waals surface area contributed by atoms with Gasteiger partial charge in [-0.15, -0.1) is 24.0 Å². The molecule has 0 fully saturated rings. The van der Waals surface area contributed by atoms with Crippen molar-refractivity contribution in [3.8, 4) is 11.6 Å². The summed E-state index contributed by atoms with van der Waals surface area (Å²) in [6.45, 7) is 0.481. The Hall–Kier alpha value is -2.49. The maximum Gasteiger partial charge on any atom is 0.276 e. The van der Waals surface area contributed by atoms with Crippen LogP contribution in [-0.2, 0) is 19.3 Å². The van der Waals surface area contributed by atoms with E-state index in [1.165, 1.54) is 24.0 Å². The Labute approximate surface area is 180 Å². The number of hydrogen-bond donors (Lipinski definition) is 2. The summed E-state index contributed by atoms with van der Waals surface area (Å²) in [5.41, 5.74) is 10.6. The molecule has 3 N–H and O–H groups in total. The molecule has 0 saturated heterocycles. The molecule has 4 rings (SSSR count). The zero-order valence-corrected chi connectivity index (χ0v) is 17.8. The van der Waals surface area contributed by atoms with Crippen molar-refractivity contribution in [1.29, 1.82) is 0 Å². The monoisotopic (exact) mass is 490 g/mol. The molecule has 0 atom stereocenters. The van der Waals surface area contributed by atoms with Crippen LogP contribution in [0, 0.1) is 0 Å². The van der Waals surface area contributed by atoms with Gasteiger partial charge < -0.3 is 15.6 Å². The molecule has 1 aliphatic rings. The van der Waals surface area contributed by atoms with Gasteiger partial charge in [0.1, 0.15) is 5.69 Å². The zero-order chi connectivity index (χ0) is 18.5. The van der Waals surface area contributed by atoms with Gasteiger partial charge in [-0.3, -0.25) is 9.98 Å². The van der Waals surface area contributed by atoms with Crippen molar-refractivity contribution in [3.05, 3.63) is 59.5 Å². The minimum absolute atomic E-state index is 0. The first kappa shape index (κ1) is 20.2. The summed E-state index contributed by atoms with van der Waals surface area (Å²) < 4.78 is 5.25. The van der Waals surface area contributed by atoms with Gasteiger partial charge in [-0.1, -0.05) is 23.4 Å². The molecule has 7 nitrogen and oxygen atoms in total. The van der Waals surface area contributed by atoms with Crippen molar-refractivity contribution < 1.29 is 4.52 Å². The molecular formula is C20H23IN6O. The Morgan fingerprint density at radius 2 is 2.04 bits per heavy atom. The third kappa shape index (κ3) is 4.86. The molecule has 2 aromatic heterocycles. The topological polar surface area (TPSA) is 102 Å². The van der Waals surface area contributed by atoms with Crippen LogP contribution in [-0.4, -0.2) is 27.6 Å². The lowest BCUT2D eigenvalue weighted by Crippen LogP contribution is -2.24. The van der Waals surface area contributed by atoms with Gasteiger partial charge in [0.15, 0.2) is 11.8 Å². The quantitative estimate of drug-likeness (QED) is 0.322. The predicted molar refractivity (Wildman–Crippen MR) is 120 cm³/mol. The molecule has 3 aromatic rings. The number of halogens is 1. The molecule has 0 saturated carbocycles. The molecule has 28 heavy (non-hydrogen) atoms. The molecule has 146 valence electrons. The van der Waals surface area contributed by atoms with Gasteiger partial charge in [-0.2, -0.15) is 4.98 Å². The second-order valence-electron chi connectivity index (χ2n) is 6.52. The Kier molecular flexibility index (Phi) is 6.96. The fourth-order valence-corrected chi connectivity index (χ4v) is 3.30. The second-order valence-corrected chi connectivity index (χ2v) is 6.52. The summed E-state index contributed by atoms with van der Waals surface area (Å²) in [4.78, 5) is 12.9. The third-order valence-corrected chi connectivity index (χ3v) is 4.63. The lowest BCUT2D eigenvalue weighted by molar-refractivity contribution is 0.421. The Morgan fingerprint density at radius 1 is 1.14 bits per heavy atom. The highest BCUT2D eigenvalue weighted by Crippen LogP contribution is 2.27. The molecule has 0 amide bonds. The van der Waals surface area contributed by atoms with E-state index in [9.17, 15) is 0 Å². The number of nitrogens with one attached hydrogen (secondary N) is 1. The maximum absolute atomic E-state index is 6.06. The van der Waals surface area contributed by atoms with Gasteiger partial charge in [0.2, 0.25) is 0 Å². The summed E-state index contributed by atoms with van der Waals surface area (Å²) in [5.74, 6) is 1.41. The predicted octanol–water partition coefficient (Wildman–Crippen LogP) is 3.60. The number of nitrogens with zero attached hydrogens (tertiary/aromatic N) is 4. The normalized spacial score (nSPS) is 13.5. The van der Waals surface area contributed by atoms with Gasteiger partial charge >= 0.3 is 0 Å². The van der Waals surface area contributed by atoms with Crippen LogP contribution < -0.4 is 11.1 Å². The molecule has 0 radical (unpaired) electrons. The van der Waals surface area contributed by atoms with Crippen LogP contribution in [0.15, 0.2) is 52.1 Å². The number of nitrogens with two attached hydrogens (primary N) is 1. The average Bonchev–Trinajstić information content (AvgIpc) is 3.18. The van der Waals surface area contributed by atoms with E-state index < -0.39 is 0 Å². The molecule has 1 aromatic carbocycles. The first-order valence-electron chi connectivity index (χ1n) is 9.21. The van der Waals surface area contributed by atoms with Gasteiger partial charge in [-0.25, -0.2) is 0 Å². The van der Waals surface area contributed by atoms with E-state index in [1.54, 1.807) is 6.20 Å². The standard InChI is InChI=1S/C20H22N6O.HI/c21-20(24-16-10-5-7-14-6-1-2-8-15(14)16)23-13-11-18-25-19(27-26-18)17-9-3-4-12-22-17;/h3-5,7,9-10,12H,1-2,6,8,11,13H2,(H3,21,23,24);1H. The molecule has 0 spiro atoms. The van der Waals surface area contributed by atoms with Crippen LogP contribution in [0.1, 0.15) is 29.8 Å². The van der Waals surface area contributed by atoms with E-state index in [2.05, 4.69) is 43.6 Å². The van der Waals surface area contributed by atoms with Crippen LogP contribution in [0.25, 0.3) is 11.6 Å². The van der Waals surface area contributed by atoms with Crippen molar-refractivity contribution >= 4 is 35.6 Å². The summed E-state index contributed by atoms with van der Waals surface area (Å²) in [6, 6.07) is 11.9. The van der Waals surface area contributed by atoms with Crippen LogP contribution >= 0.6 is 24.0 Å². The number of benzene rings is 1. The number of rotatable bonds is 5. The van der Waals surface area contributed by atoms with Gasteiger partial charge in [0.05, 0.1) is 0 Å². The van der Waals surface area contributed by atoms with E-state index in [0.717, 1.165) is 18.5 Å². The molecule has 2 heterocycles. The van der Waals surface area contributed by atoms with Crippen molar-refractivity contribution in [2.24, 2.45) is 10.7 Å². The van der Waals surface area contributed by atoms with E-state index in [-0.39, 0.29) is 24.0 Å². The third-order valence-electron chi connectivity index (χ3n) is 4.63. The van der Waals surface area contributed by atoms with E-state index in [4.69, 9.17) is 10.3 Å². The van der Waals surface area contributed by atoms with E-state index >= 15 is 0 Å². The molecular weight excluding hydrogens is 467 g/mol. The number of fused-ring (bicyclic) bond motifs is 1. The number of aliphatic imine (C=N–C) groups is 1. The number of anilines is 1. The SMILES string of the molecule is I.NC(=NCCc1noc(-c2ccccn2)n1)Nc1cccc2c1CCCC2. The van der Waals surface area contributed by atoms with E-state index in [1.807, 2.05) is 18.2 Å². The number of pyridine rings is 1. The summed E-state index contributed by atoms with van der Waals surface area (Å²) >= 11 is 0. The summed E-state index contributed by atoms with van der Waals surface area (Å²) in [5, 5.41) is 7.22. The van der Waals surface area contributed by atoms with Gasteiger partial charge in [0, 0.05) is 24.8 Å². The number of aryl methyl sites for hydroxylation is 1. The molecule has 0 unspecified atom stereocenters. The lowest BCUT2D eigenvalue weighted by Gasteiger charge is -2.19. The van der Waals surface area contributed by atoms with Gasteiger partial charge in [0.25, 0.3) is 5.89 Å². The largest absolute Gasteiger partial charge is 0.370 e. The molecule has 0 aliphatic heterocycles. The Balaban J connectivity index is 0.00000225. The van der Waals surface area contributed by atoms with Gasteiger partial charge in [-0.05, 0) is 55.0 Å². The zero-order valence-electron chi connectivity index (χ0n) is 15.5. The van der Waals surface area contributed by atoms with Crippen molar-refractivity contribution in [2.75, 3.05) is 11.9 Å². The van der Waals surface area contributed by atoms with E-state index in [0.29, 0.717) is 36.3 Å².